The van der Waals surface area contributed by atoms with Crippen LogP contribution in [0.15, 0.2) is 24.3 Å². The number of carboxylic acid groups (broad SMARTS) is 1. The second-order valence-corrected chi connectivity index (χ2v) is 5.01. The number of rotatable bonds is 6. The van der Waals surface area contributed by atoms with Gasteiger partial charge in [-0.15, -0.1) is 0 Å². The highest BCUT2D eigenvalue weighted by molar-refractivity contribution is 5.97. The van der Waals surface area contributed by atoms with E-state index < -0.39 is 5.97 Å². The fourth-order valence-corrected chi connectivity index (χ4v) is 2.29. The van der Waals surface area contributed by atoms with Gasteiger partial charge in [0.2, 0.25) is 0 Å². The third-order valence-electron chi connectivity index (χ3n) is 3.28. The van der Waals surface area contributed by atoms with E-state index in [1.165, 1.54) is 0 Å². The van der Waals surface area contributed by atoms with E-state index in [-0.39, 0.29) is 5.56 Å². The van der Waals surface area contributed by atoms with Crippen molar-refractivity contribution in [2.45, 2.75) is 26.8 Å². The van der Waals surface area contributed by atoms with E-state index in [0.717, 1.165) is 24.4 Å². The van der Waals surface area contributed by atoms with E-state index in [1.54, 1.807) is 18.2 Å². The van der Waals surface area contributed by atoms with Gasteiger partial charge in [-0.1, -0.05) is 6.07 Å². The van der Waals surface area contributed by atoms with Crippen molar-refractivity contribution in [3.63, 3.8) is 0 Å². The fourth-order valence-electron chi connectivity index (χ4n) is 2.29. The van der Waals surface area contributed by atoms with Crippen LogP contribution in [-0.4, -0.2) is 27.4 Å². The minimum absolute atomic E-state index is 0.195. The molecule has 0 unspecified atom stereocenters. The standard InChI is InChI=1S/C15H20N4O2/c1-10-9-11(2)19(18-10)8-4-7-17-14-12(15(20)21)5-3-6-13(14)16/h3,5-6,9,17H,4,7-8,16H2,1-2H3,(H,20,21). The van der Waals surface area contributed by atoms with Crippen LogP contribution < -0.4 is 11.1 Å². The number of nitrogens with one attached hydrogen (secondary N) is 1. The Morgan fingerprint density at radius 3 is 2.81 bits per heavy atom. The van der Waals surface area contributed by atoms with Crippen molar-refractivity contribution in [1.82, 2.24) is 9.78 Å². The van der Waals surface area contributed by atoms with E-state index in [2.05, 4.69) is 10.4 Å². The van der Waals surface area contributed by atoms with E-state index in [4.69, 9.17) is 10.8 Å². The van der Waals surface area contributed by atoms with Gasteiger partial charge >= 0.3 is 5.97 Å². The number of carbonyl (C=O) groups is 1. The van der Waals surface area contributed by atoms with Crippen LogP contribution in [0, 0.1) is 13.8 Å². The lowest BCUT2D eigenvalue weighted by Gasteiger charge is -2.12. The minimum Gasteiger partial charge on any atom is -0.478 e. The SMILES string of the molecule is Cc1cc(C)n(CCCNc2c(N)cccc2C(=O)O)n1. The lowest BCUT2D eigenvalue weighted by molar-refractivity contribution is 0.0698. The summed E-state index contributed by atoms with van der Waals surface area (Å²) in [4.78, 5) is 11.2. The maximum Gasteiger partial charge on any atom is 0.337 e. The third-order valence-corrected chi connectivity index (χ3v) is 3.28. The molecule has 0 radical (unpaired) electrons. The molecule has 2 aromatic rings. The quantitative estimate of drug-likeness (QED) is 0.560. The number of hydrogen-bond acceptors (Lipinski definition) is 4. The molecular weight excluding hydrogens is 268 g/mol. The fraction of sp³-hybridized carbons (Fsp3) is 0.333. The van der Waals surface area contributed by atoms with Crippen molar-refractivity contribution in [1.29, 1.82) is 0 Å². The Morgan fingerprint density at radius 1 is 1.43 bits per heavy atom. The molecule has 4 N–H and O–H groups in total. The summed E-state index contributed by atoms with van der Waals surface area (Å²) in [6.07, 6.45) is 0.829. The van der Waals surface area contributed by atoms with Crippen LogP contribution in [-0.2, 0) is 6.54 Å². The molecule has 0 atom stereocenters. The molecule has 1 aromatic carbocycles. The van der Waals surface area contributed by atoms with Crippen LogP contribution in [0.2, 0.25) is 0 Å². The number of aromatic nitrogens is 2. The largest absolute Gasteiger partial charge is 0.478 e. The van der Waals surface area contributed by atoms with E-state index in [9.17, 15) is 4.79 Å². The van der Waals surface area contributed by atoms with Crippen molar-refractivity contribution < 1.29 is 9.90 Å². The Morgan fingerprint density at radius 2 is 2.19 bits per heavy atom. The molecule has 1 heterocycles. The van der Waals surface area contributed by atoms with Gasteiger partial charge in [-0.2, -0.15) is 5.10 Å². The smallest absolute Gasteiger partial charge is 0.337 e. The predicted molar refractivity (Wildman–Crippen MR) is 82.6 cm³/mol. The van der Waals surface area contributed by atoms with Crippen LogP contribution >= 0.6 is 0 Å². The predicted octanol–water partition coefficient (Wildman–Crippen LogP) is 2.28. The van der Waals surface area contributed by atoms with Gasteiger partial charge in [0.25, 0.3) is 0 Å². The molecule has 0 aliphatic carbocycles. The molecule has 0 bridgehead atoms. The lowest BCUT2D eigenvalue weighted by Crippen LogP contribution is -2.12. The molecule has 2 rings (SSSR count). The molecule has 1 aromatic heterocycles. The Balaban J connectivity index is 1.95. The number of nitrogens with two attached hydrogens (primary N) is 1. The Bertz CT molecular complexity index is 649. The molecule has 0 spiro atoms. The second kappa shape index (κ2) is 6.30. The number of nitrogens with zero attached hydrogens (tertiary/aromatic N) is 2. The summed E-state index contributed by atoms with van der Waals surface area (Å²) in [7, 11) is 0. The topological polar surface area (TPSA) is 93.2 Å². The summed E-state index contributed by atoms with van der Waals surface area (Å²) < 4.78 is 1.95. The first-order valence-corrected chi connectivity index (χ1v) is 6.85. The summed E-state index contributed by atoms with van der Waals surface area (Å²) >= 11 is 0. The molecule has 112 valence electrons. The van der Waals surface area contributed by atoms with Gasteiger partial charge < -0.3 is 16.2 Å². The summed E-state index contributed by atoms with van der Waals surface area (Å²) in [6, 6.07) is 6.91. The van der Waals surface area contributed by atoms with Gasteiger partial charge in [0.15, 0.2) is 0 Å². The Labute approximate surface area is 123 Å². The molecule has 6 nitrogen and oxygen atoms in total. The summed E-state index contributed by atoms with van der Waals surface area (Å²) in [6.45, 7) is 5.39. The van der Waals surface area contributed by atoms with Crippen LogP contribution in [0.3, 0.4) is 0 Å². The number of aryl methyl sites for hydroxylation is 3. The maximum atomic E-state index is 11.2. The minimum atomic E-state index is -0.983. The van der Waals surface area contributed by atoms with Crippen molar-refractivity contribution in [3.05, 3.63) is 41.2 Å². The summed E-state index contributed by atoms with van der Waals surface area (Å²) in [5, 5.41) is 16.7. The molecule has 0 aliphatic rings. The van der Waals surface area contributed by atoms with Crippen LogP contribution in [0.25, 0.3) is 0 Å². The van der Waals surface area contributed by atoms with Gasteiger partial charge in [-0.3, -0.25) is 4.68 Å². The first kappa shape index (κ1) is 14.9. The van der Waals surface area contributed by atoms with Crippen molar-refractivity contribution in [2.24, 2.45) is 0 Å². The molecule has 0 saturated heterocycles. The number of benzene rings is 1. The average molecular weight is 288 g/mol. The van der Waals surface area contributed by atoms with Crippen LogP contribution in [0.4, 0.5) is 11.4 Å². The zero-order chi connectivity index (χ0) is 15.4. The lowest BCUT2D eigenvalue weighted by atomic mass is 10.1. The van der Waals surface area contributed by atoms with Gasteiger partial charge in [-0.05, 0) is 38.5 Å². The van der Waals surface area contributed by atoms with Gasteiger partial charge in [0.05, 0.1) is 22.6 Å². The molecule has 0 fully saturated rings. The molecule has 6 heteroatoms. The molecule has 0 aliphatic heterocycles. The monoisotopic (exact) mass is 288 g/mol. The highest BCUT2D eigenvalue weighted by Gasteiger charge is 2.11. The number of nitrogen functional groups attached to an aromatic ring is 1. The van der Waals surface area contributed by atoms with Crippen LogP contribution in [0.1, 0.15) is 28.2 Å². The molecular formula is C15H20N4O2. The van der Waals surface area contributed by atoms with E-state index in [1.807, 2.05) is 24.6 Å². The van der Waals surface area contributed by atoms with Crippen molar-refractivity contribution in [3.8, 4) is 0 Å². The van der Waals surface area contributed by atoms with Gasteiger partial charge in [0.1, 0.15) is 0 Å². The molecule has 0 amide bonds. The zero-order valence-corrected chi connectivity index (χ0v) is 12.3. The first-order chi connectivity index (χ1) is 9.99. The summed E-state index contributed by atoms with van der Waals surface area (Å²) in [5.41, 5.74) is 9.09. The van der Waals surface area contributed by atoms with E-state index in [0.29, 0.717) is 17.9 Å². The Hall–Kier alpha value is -2.50. The summed E-state index contributed by atoms with van der Waals surface area (Å²) in [5.74, 6) is -0.983. The Kier molecular flexibility index (Phi) is 4.47. The number of para-hydroxylation sites is 1. The van der Waals surface area contributed by atoms with Gasteiger partial charge in [-0.25, -0.2) is 4.79 Å². The number of anilines is 2. The van der Waals surface area contributed by atoms with Crippen molar-refractivity contribution in [2.75, 3.05) is 17.6 Å². The molecule has 0 saturated carbocycles. The highest BCUT2D eigenvalue weighted by atomic mass is 16.4. The maximum absolute atomic E-state index is 11.2. The molecule has 21 heavy (non-hydrogen) atoms. The normalized spacial score (nSPS) is 10.6. The third kappa shape index (κ3) is 3.53. The first-order valence-electron chi connectivity index (χ1n) is 6.85. The zero-order valence-electron chi connectivity index (χ0n) is 12.3. The van der Waals surface area contributed by atoms with E-state index >= 15 is 0 Å². The number of aromatic carboxylic acids is 1. The second-order valence-electron chi connectivity index (χ2n) is 5.01. The van der Waals surface area contributed by atoms with Gasteiger partial charge in [0, 0.05) is 18.8 Å². The highest BCUT2D eigenvalue weighted by Crippen LogP contribution is 2.23. The number of hydrogen-bond donors (Lipinski definition) is 3. The average Bonchev–Trinajstić information content (AvgIpc) is 2.74. The van der Waals surface area contributed by atoms with Crippen molar-refractivity contribution >= 4 is 17.3 Å². The number of carboxylic acids is 1. The van der Waals surface area contributed by atoms with Crippen LogP contribution in [0.5, 0.6) is 0 Å².